The number of morpholine rings is 1. The number of carbonyl (C=O) groups is 1. The van der Waals surface area contributed by atoms with Crippen LogP contribution in [0.5, 0.6) is 0 Å². The predicted molar refractivity (Wildman–Crippen MR) is 95.3 cm³/mol. The summed E-state index contributed by atoms with van der Waals surface area (Å²) < 4.78 is 20.6. The highest BCUT2D eigenvalue weighted by molar-refractivity contribution is 5.90. The molecule has 2 aromatic heterocycles. The highest BCUT2D eigenvalue weighted by Crippen LogP contribution is 2.12. The fourth-order valence-corrected chi connectivity index (χ4v) is 2.84. The number of hydrogen-bond donors (Lipinski definition) is 1. The van der Waals surface area contributed by atoms with Gasteiger partial charge in [-0.1, -0.05) is 0 Å². The molecular weight excluding hydrogens is 355 g/mol. The summed E-state index contributed by atoms with van der Waals surface area (Å²) in [6, 6.07) is 7.10. The Hall–Kier alpha value is -3.27. The molecule has 0 atom stereocenters. The molecular formula is C17H17FN6O3. The number of anilines is 2. The third kappa shape index (κ3) is 3.65. The fraction of sp³-hybridized carbons (Fsp3) is 0.294. The minimum atomic E-state index is -0.458. The smallest absolute Gasteiger partial charge is 0.352 e. The number of halogens is 1. The number of aromatic nitrogens is 4. The number of amides is 1. The van der Waals surface area contributed by atoms with Gasteiger partial charge in [-0.3, -0.25) is 4.79 Å². The lowest BCUT2D eigenvalue weighted by molar-refractivity contribution is -0.117. The molecule has 0 radical (unpaired) electrons. The monoisotopic (exact) mass is 372 g/mol. The topological polar surface area (TPSA) is 93.8 Å². The summed E-state index contributed by atoms with van der Waals surface area (Å²) in [5.74, 6) is 0.0875. The summed E-state index contributed by atoms with van der Waals surface area (Å²) >= 11 is 0. The quantitative estimate of drug-likeness (QED) is 0.717. The Balaban J connectivity index is 1.53. The molecule has 1 aliphatic heterocycles. The number of ether oxygens (including phenoxy) is 1. The molecule has 3 heterocycles. The van der Waals surface area contributed by atoms with Gasteiger partial charge in [-0.25, -0.2) is 18.3 Å². The molecule has 0 aliphatic carbocycles. The molecule has 0 unspecified atom stereocenters. The van der Waals surface area contributed by atoms with Gasteiger partial charge in [-0.2, -0.15) is 4.98 Å². The first-order valence-electron chi connectivity index (χ1n) is 8.44. The van der Waals surface area contributed by atoms with Gasteiger partial charge in [-0.15, -0.1) is 5.10 Å². The van der Waals surface area contributed by atoms with Gasteiger partial charge in [0.25, 0.3) is 5.78 Å². The van der Waals surface area contributed by atoms with E-state index in [1.165, 1.54) is 28.7 Å². The zero-order valence-electron chi connectivity index (χ0n) is 14.3. The molecule has 1 fully saturated rings. The first-order chi connectivity index (χ1) is 13.1. The van der Waals surface area contributed by atoms with E-state index in [4.69, 9.17) is 4.74 Å². The van der Waals surface area contributed by atoms with Crippen LogP contribution in [0.3, 0.4) is 0 Å². The van der Waals surface area contributed by atoms with Crippen LogP contribution in [-0.4, -0.2) is 51.4 Å². The molecule has 1 aromatic carbocycles. The Morgan fingerprint density at radius 2 is 1.93 bits per heavy atom. The van der Waals surface area contributed by atoms with Crippen molar-refractivity contribution < 1.29 is 13.9 Å². The standard InChI is InChI=1S/C17H17FN6O3/c18-12-1-3-13(4-2-12)19-15(25)11-24-17(26)23-6-5-14(20-16(23)21-24)22-7-9-27-10-8-22/h1-6H,7-11H2,(H,19,25). The Labute approximate surface area is 153 Å². The average molecular weight is 372 g/mol. The molecule has 4 rings (SSSR count). The highest BCUT2D eigenvalue weighted by Gasteiger charge is 2.16. The number of nitrogens with one attached hydrogen (secondary N) is 1. The number of carbonyl (C=O) groups excluding carboxylic acids is 1. The van der Waals surface area contributed by atoms with Gasteiger partial charge in [0, 0.05) is 25.0 Å². The normalized spacial score (nSPS) is 14.5. The zero-order valence-corrected chi connectivity index (χ0v) is 14.3. The van der Waals surface area contributed by atoms with E-state index < -0.39 is 17.4 Å². The van der Waals surface area contributed by atoms with E-state index in [1.54, 1.807) is 12.3 Å². The lowest BCUT2D eigenvalue weighted by atomic mass is 10.3. The summed E-state index contributed by atoms with van der Waals surface area (Å²) in [5.41, 5.74) is -0.0220. The van der Waals surface area contributed by atoms with Crippen molar-refractivity contribution in [2.24, 2.45) is 0 Å². The number of hydrogen-bond acceptors (Lipinski definition) is 6. The Morgan fingerprint density at radius 1 is 1.19 bits per heavy atom. The van der Waals surface area contributed by atoms with Crippen molar-refractivity contribution in [2.45, 2.75) is 6.54 Å². The van der Waals surface area contributed by atoms with Crippen LogP contribution in [0.15, 0.2) is 41.3 Å². The minimum absolute atomic E-state index is 0.221. The van der Waals surface area contributed by atoms with Crippen LogP contribution in [0.1, 0.15) is 0 Å². The third-order valence-electron chi connectivity index (χ3n) is 4.20. The van der Waals surface area contributed by atoms with E-state index >= 15 is 0 Å². The second-order valence-corrected chi connectivity index (χ2v) is 6.05. The lowest BCUT2D eigenvalue weighted by Gasteiger charge is -2.27. The minimum Gasteiger partial charge on any atom is -0.378 e. The largest absolute Gasteiger partial charge is 0.378 e. The van der Waals surface area contributed by atoms with E-state index in [9.17, 15) is 14.0 Å². The second-order valence-electron chi connectivity index (χ2n) is 6.05. The van der Waals surface area contributed by atoms with Crippen molar-refractivity contribution in [3.8, 4) is 0 Å². The molecule has 0 spiro atoms. The van der Waals surface area contributed by atoms with Crippen LogP contribution < -0.4 is 15.9 Å². The molecule has 27 heavy (non-hydrogen) atoms. The second kappa shape index (κ2) is 7.16. The molecule has 140 valence electrons. The van der Waals surface area contributed by atoms with Crippen LogP contribution in [0.4, 0.5) is 15.9 Å². The first-order valence-corrected chi connectivity index (χ1v) is 8.44. The maximum absolute atomic E-state index is 12.9. The van der Waals surface area contributed by atoms with Gasteiger partial charge < -0.3 is 15.0 Å². The van der Waals surface area contributed by atoms with E-state index in [1.807, 2.05) is 4.90 Å². The SMILES string of the molecule is O=C(Cn1nc2nc(N3CCOCC3)ccn2c1=O)Nc1ccc(F)cc1. The highest BCUT2D eigenvalue weighted by atomic mass is 19.1. The molecule has 10 heteroatoms. The maximum atomic E-state index is 12.9. The Bertz CT molecular complexity index is 1020. The predicted octanol–water partition coefficient (Wildman–Crippen LogP) is 0.505. The molecule has 1 amide bonds. The molecule has 3 aromatic rings. The van der Waals surface area contributed by atoms with Crippen molar-refractivity contribution in [3.63, 3.8) is 0 Å². The van der Waals surface area contributed by atoms with Crippen LogP contribution in [-0.2, 0) is 16.1 Å². The number of nitrogens with zero attached hydrogens (tertiary/aromatic N) is 5. The summed E-state index contributed by atoms with van der Waals surface area (Å²) in [5, 5.41) is 6.74. The van der Waals surface area contributed by atoms with E-state index in [2.05, 4.69) is 15.4 Å². The summed E-state index contributed by atoms with van der Waals surface area (Å²) in [6.07, 6.45) is 1.59. The Morgan fingerprint density at radius 3 is 2.67 bits per heavy atom. The van der Waals surface area contributed by atoms with Gasteiger partial charge >= 0.3 is 5.69 Å². The van der Waals surface area contributed by atoms with Crippen LogP contribution in [0, 0.1) is 5.82 Å². The van der Waals surface area contributed by atoms with Crippen molar-refractivity contribution in [2.75, 3.05) is 36.5 Å². The first kappa shape index (κ1) is 17.2. The van der Waals surface area contributed by atoms with Crippen molar-refractivity contribution in [1.29, 1.82) is 0 Å². The average Bonchev–Trinajstić information content (AvgIpc) is 2.99. The molecule has 1 aliphatic rings. The molecule has 0 saturated carbocycles. The fourth-order valence-electron chi connectivity index (χ4n) is 2.84. The molecule has 1 saturated heterocycles. The lowest BCUT2D eigenvalue weighted by Crippen LogP contribution is -2.36. The molecule has 1 N–H and O–H groups in total. The van der Waals surface area contributed by atoms with Crippen molar-refractivity contribution >= 4 is 23.2 Å². The van der Waals surface area contributed by atoms with E-state index in [0.717, 1.165) is 4.68 Å². The van der Waals surface area contributed by atoms with Crippen molar-refractivity contribution in [3.05, 3.63) is 52.8 Å². The van der Waals surface area contributed by atoms with E-state index in [0.29, 0.717) is 37.8 Å². The van der Waals surface area contributed by atoms with Gasteiger partial charge in [-0.05, 0) is 30.3 Å². The third-order valence-corrected chi connectivity index (χ3v) is 4.20. The number of fused-ring (bicyclic) bond motifs is 1. The zero-order chi connectivity index (χ0) is 18.8. The van der Waals surface area contributed by atoms with Crippen LogP contribution in [0.2, 0.25) is 0 Å². The van der Waals surface area contributed by atoms with Gasteiger partial charge in [0.05, 0.1) is 13.2 Å². The number of benzene rings is 1. The summed E-state index contributed by atoms with van der Waals surface area (Å²) in [6.45, 7) is 2.41. The molecule has 0 bridgehead atoms. The maximum Gasteiger partial charge on any atom is 0.352 e. The summed E-state index contributed by atoms with van der Waals surface area (Å²) in [4.78, 5) is 31.0. The van der Waals surface area contributed by atoms with Crippen LogP contribution in [0.25, 0.3) is 5.78 Å². The van der Waals surface area contributed by atoms with Crippen molar-refractivity contribution in [1.82, 2.24) is 19.2 Å². The van der Waals surface area contributed by atoms with Gasteiger partial charge in [0.2, 0.25) is 5.91 Å². The van der Waals surface area contributed by atoms with Gasteiger partial charge in [0.15, 0.2) is 0 Å². The van der Waals surface area contributed by atoms with E-state index in [-0.39, 0.29) is 12.3 Å². The Kier molecular flexibility index (Phi) is 4.55. The number of rotatable bonds is 4. The van der Waals surface area contributed by atoms with Crippen LogP contribution >= 0.6 is 0 Å². The van der Waals surface area contributed by atoms with Gasteiger partial charge in [0.1, 0.15) is 18.2 Å². The summed E-state index contributed by atoms with van der Waals surface area (Å²) in [7, 11) is 0. The molecule has 9 nitrogen and oxygen atoms in total.